The molecule has 0 aromatic heterocycles. The molecular weight excluding hydrogens is 476 g/mol. The fraction of sp³-hybridized carbons (Fsp3) is 0.906. The third-order valence-electron chi connectivity index (χ3n) is 7.63. The minimum absolute atomic E-state index is 0.0968. The average molecular weight is 537 g/mol. The first kappa shape index (κ1) is 34.4. The molecule has 222 valence electrons. The van der Waals surface area contributed by atoms with Gasteiger partial charge in [0, 0.05) is 32.4 Å². The highest BCUT2D eigenvalue weighted by atomic mass is 16.5. The van der Waals surface area contributed by atoms with Crippen LogP contribution < -0.4 is 5.32 Å². The molecule has 1 unspecified atom stereocenters. The van der Waals surface area contributed by atoms with Gasteiger partial charge in [-0.05, 0) is 25.2 Å². The second-order valence-electron chi connectivity index (χ2n) is 11.8. The van der Waals surface area contributed by atoms with E-state index in [4.69, 9.17) is 4.74 Å². The van der Waals surface area contributed by atoms with Gasteiger partial charge in [0.25, 0.3) is 0 Å². The molecule has 0 aromatic rings. The molecule has 1 rings (SSSR count). The molecule has 0 saturated carbocycles. The number of amides is 2. The zero-order valence-corrected chi connectivity index (χ0v) is 25.2. The molecule has 1 saturated heterocycles. The monoisotopic (exact) mass is 536 g/mol. The summed E-state index contributed by atoms with van der Waals surface area (Å²) in [5.74, 6) is 0.365. The fourth-order valence-electron chi connectivity index (χ4n) is 5.14. The zero-order chi connectivity index (χ0) is 27.8. The van der Waals surface area contributed by atoms with Gasteiger partial charge >= 0.3 is 5.97 Å². The zero-order valence-electron chi connectivity index (χ0n) is 25.2. The van der Waals surface area contributed by atoms with Crippen LogP contribution in [0, 0.1) is 5.92 Å². The van der Waals surface area contributed by atoms with Crippen molar-refractivity contribution in [2.24, 2.45) is 5.92 Å². The highest BCUT2D eigenvalue weighted by Crippen LogP contribution is 2.17. The van der Waals surface area contributed by atoms with Crippen LogP contribution in [0.15, 0.2) is 0 Å². The molecule has 1 N–H and O–H groups in total. The Labute approximate surface area is 234 Å². The van der Waals surface area contributed by atoms with Gasteiger partial charge < -0.3 is 15.0 Å². The molecule has 1 aliphatic rings. The van der Waals surface area contributed by atoms with Crippen LogP contribution in [0.2, 0.25) is 0 Å². The van der Waals surface area contributed by atoms with Crippen molar-refractivity contribution >= 4 is 17.8 Å². The van der Waals surface area contributed by atoms with Crippen molar-refractivity contribution in [1.29, 1.82) is 0 Å². The van der Waals surface area contributed by atoms with Gasteiger partial charge in [0.1, 0.15) is 6.10 Å². The first-order valence-corrected chi connectivity index (χ1v) is 16.2. The van der Waals surface area contributed by atoms with Crippen LogP contribution in [0.25, 0.3) is 0 Å². The van der Waals surface area contributed by atoms with Crippen molar-refractivity contribution in [3.8, 4) is 0 Å². The van der Waals surface area contributed by atoms with E-state index in [2.05, 4.69) is 26.1 Å². The summed E-state index contributed by atoms with van der Waals surface area (Å²) in [6.07, 6.45) is 23.2. The summed E-state index contributed by atoms with van der Waals surface area (Å²) in [5.41, 5.74) is 0. The molecule has 0 aliphatic carbocycles. The summed E-state index contributed by atoms with van der Waals surface area (Å²) >= 11 is 0. The number of rotatable bonds is 24. The molecular formula is C32H60N2O4. The Morgan fingerprint density at radius 1 is 0.763 bits per heavy atom. The number of nitrogens with zero attached hydrogens (tertiary/aromatic N) is 1. The molecule has 1 heterocycles. The Kier molecular flexibility index (Phi) is 21.1. The topological polar surface area (TPSA) is 75.7 Å². The Hall–Kier alpha value is -1.59. The van der Waals surface area contributed by atoms with Gasteiger partial charge in [-0.15, -0.1) is 0 Å². The van der Waals surface area contributed by atoms with E-state index in [0.29, 0.717) is 38.4 Å². The normalized spacial score (nSPS) is 15.3. The molecule has 2 amide bonds. The smallest absolute Gasteiger partial charge is 0.306 e. The lowest BCUT2D eigenvalue weighted by molar-refractivity contribution is -0.150. The molecule has 0 radical (unpaired) electrons. The minimum Gasteiger partial charge on any atom is -0.460 e. The number of hydrogen-bond acceptors (Lipinski definition) is 4. The number of carbonyl (C=O) groups excluding carboxylic acids is 3. The Morgan fingerprint density at radius 2 is 1.32 bits per heavy atom. The van der Waals surface area contributed by atoms with Crippen LogP contribution in [0.1, 0.15) is 156 Å². The minimum atomic E-state index is -0.343. The molecule has 1 atom stereocenters. The summed E-state index contributed by atoms with van der Waals surface area (Å²) in [6, 6.07) is 0. The highest BCUT2D eigenvalue weighted by Gasteiger charge is 2.28. The highest BCUT2D eigenvalue weighted by molar-refractivity contribution is 5.81. The van der Waals surface area contributed by atoms with Gasteiger partial charge in [-0.2, -0.15) is 0 Å². The van der Waals surface area contributed by atoms with Crippen molar-refractivity contribution in [3.05, 3.63) is 0 Å². The van der Waals surface area contributed by atoms with E-state index in [0.717, 1.165) is 25.7 Å². The summed E-state index contributed by atoms with van der Waals surface area (Å²) in [5, 5.41) is 2.86. The first-order chi connectivity index (χ1) is 18.4. The van der Waals surface area contributed by atoms with E-state index < -0.39 is 0 Å². The molecule has 1 aliphatic heterocycles. The van der Waals surface area contributed by atoms with Gasteiger partial charge in [-0.3, -0.25) is 14.4 Å². The van der Waals surface area contributed by atoms with Gasteiger partial charge in [-0.1, -0.05) is 111 Å². The van der Waals surface area contributed by atoms with Crippen molar-refractivity contribution in [2.45, 2.75) is 162 Å². The Bertz CT molecular complexity index is 623. The number of nitrogens with one attached hydrogen (secondary N) is 1. The van der Waals surface area contributed by atoms with Crippen molar-refractivity contribution in [2.75, 3.05) is 19.6 Å². The van der Waals surface area contributed by atoms with E-state index in [9.17, 15) is 14.4 Å². The number of carbonyl (C=O) groups is 3. The third-order valence-corrected chi connectivity index (χ3v) is 7.63. The molecule has 38 heavy (non-hydrogen) atoms. The average Bonchev–Trinajstić information content (AvgIpc) is 3.36. The lowest BCUT2D eigenvalue weighted by atomic mass is 10.0. The molecule has 6 nitrogen and oxygen atoms in total. The Morgan fingerprint density at radius 3 is 1.87 bits per heavy atom. The summed E-state index contributed by atoms with van der Waals surface area (Å²) in [7, 11) is 0. The first-order valence-electron chi connectivity index (χ1n) is 16.2. The standard InChI is InChI=1S/C32H60N2O4/c1-4-5-6-7-8-9-10-11-12-13-14-15-16-17-18-21-31(36)34-26-24-29(27-34)38-32(37)23-22-30(35)33-25-19-20-28(2)3/h28-29H,4-27H2,1-3H3,(H,33,35). The Balaban J connectivity index is 1.95. The van der Waals surface area contributed by atoms with Gasteiger partial charge in [-0.25, -0.2) is 0 Å². The van der Waals surface area contributed by atoms with E-state index in [-0.39, 0.29) is 36.7 Å². The van der Waals surface area contributed by atoms with Crippen LogP contribution in [0.3, 0.4) is 0 Å². The van der Waals surface area contributed by atoms with Crippen LogP contribution in [0.4, 0.5) is 0 Å². The predicted octanol–water partition coefficient (Wildman–Crippen LogP) is 7.72. The maximum atomic E-state index is 12.5. The van der Waals surface area contributed by atoms with Crippen LogP contribution in [-0.2, 0) is 19.1 Å². The molecule has 0 bridgehead atoms. The van der Waals surface area contributed by atoms with E-state index >= 15 is 0 Å². The number of likely N-dealkylation sites (tertiary alicyclic amines) is 1. The lowest BCUT2D eigenvalue weighted by Crippen LogP contribution is -2.31. The van der Waals surface area contributed by atoms with Crippen LogP contribution >= 0.6 is 0 Å². The second-order valence-corrected chi connectivity index (χ2v) is 11.8. The molecule has 1 fully saturated rings. The number of hydrogen-bond donors (Lipinski definition) is 1. The SMILES string of the molecule is CCCCCCCCCCCCCCCCCC(=O)N1CCC(OC(=O)CCC(=O)NCCCC(C)C)C1. The molecule has 6 heteroatoms. The van der Waals surface area contributed by atoms with E-state index in [1.54, 1.807) is 0 Å². The van der Waals surface area contributed by atoms with Crippen molar-refractivity contribution in [1.82, 2.24) is 10.2 Å². The van der Waals surface area contributed by atoms with Gasteiger partial charge in [0.2, 0.25) is 11.8 Å². The molecule has 0 aromatic carbocycles. The summed E-state index contributed by atoms with van der Waals surface area (Å²) in [4.78, 5) is 38.4. The van der Waals surface area contributed by atoms with E-state index in [1.165, 1.54) is 83.5 Å². The quantitative estimate of drug-likeness (QED) is 0.101. The second kappa shape index (κ2) is 23.3. The molecule has 0 spiro atoms. The third kappa shape index (κ3) is 19.5. The van der Waals surface area contributed by atoms with Crippen LogP contribution in [-0.4, -0.2) is 48.4 Å². The van der Waals surface area contributed by atoms with Gasteiger partial charge in [0.05, 0.1) is 13.0 Å². The van der Waals surface area contributed by atoms with Crippen LogP contribution in [0.5, 0.6) is 0 Å². The van der Waals surface area contributed by atoms with E-state index in [1.807, 2.05) is 4.90 Å². The number of ether oxygens (including phenoxy) is 1. The summed E-state index contributed by atoms with van der Waals surface area (Å²) < 4.78 is 5.52. The number of unbranched alkanes of at least 4 members (excludes halogenated alkanes) is 14. The maximum Gasteiger partial charge on any atom is 0.306 e. The van der Waals surface area contributed by atoms with Crippen molar-refractivity contribution in [3.63, 3.8) is 0 Å². The fourth-order valence-corrected chi connectivity index (χ4v) is 5.14. The van der Waals surface area contributed by atoms with Crippen molar-refractivity contribution < 1.29 is 19.1 Å². The predicted molar refractivity (Wildman–Crippen MR) is 157 cm³/mol. The number of esters is 1. The van der Waals surface area contributed by atoms with Gasteiger partial charge in [0.15, 0.2) is 0 Å². The summed E-state index contributed by atoms with van der Waals surface area (Å²) in [6.45, 7) is 8.41. The largest absolute Gasteiger partial charge is 0.460 e. The maximum absolute atomic E-state index is 12.5. The lowest BCUT2D eigenvalue weighted by Gasteiger charge is -2.16.